The minimum Gasteiger partial charge on any atom is -0.495 e. The Kier molecular flexibility index (Phi) is 6.89. The third-order valence-corrected chi connectivity index (χ3v) is 6.05. The van der Waals surface area contributed by atoms with Gasteiger partial charge in [0.25, 0.3) is 15.9 Å². The molecular formula is C23H24N2O6S. The molecular weight excluding hydrogens is 432 g/mol. The van der Waals surface area contributed by atoms with Crippen LogP contribution in [0.3, 0.4) is 0 Å². The summed E-state index contributed by atoms with van der Waals surface area (Å²) in [7, 11) is 0.617. The number of nitrogens with one attached hydrogen (secondary N) is 2. The predicted molar refractivity (Wildman–Crippen MR) is 122 cm³/mol. The maximum absolute atomic E-state index is 12.8. The van der Waals surface area contributed by atoms with Gasteiger partial charge >= 0.3 is 0 Å². The van der Waals surface area contributed by atoms with E-state index in [1.165, 1.54) is 45.6 Å². The third kappa shape index (κ3) is 5.12. The molecule has 3 aromatic carbocycles. The zero-order valence-corrected chi connectivity index (χ0v) is 18.9. The summed E-state index contributed by atoms with van der Waals surface area (Å²) in [5, 5.41) is 2.73. The number of carbonyl (C=O) groups is 1. The van der Waals surface area contributed by atoms with E-state index < -0.39 is 10.0 Å². The second-order valence-corrected chi connectivity index (χ2v) is 8.54. The Morgan fingerprint density at radius 3 is 2.03 bits per heavy atom. The first-order chi connectivity index (χ1) is 15.3. The molecule has 0 aliphatic rings. The molecule has 0 heterocycles. The molecule has 0 aromatic heterocycles. The average Bonchev–Trinajstić information content (AvgIpc) is 2.78. The van der Waals surface area contributed by atoms with Gasteiger partial charge in [0.2, 0.25) is 0 Å². The molecule has 0 bridgehead atoms. The molecule has 0 unspecified atom stereocenters. The molecule has 3 rings (SSSR count). The second-order valence-electron chi connectivity index (χ2n) is 6.86. The first-order valence-corrected chi connectivity index (χ1v) is 11.1. The van der Waals surface area contributed by atoms with Crippen LogP contribution < -0.4 is 24.2 Å². The minimum atomic E-state index is -3.85. The fourth-order valence-corrected chi connectivity index (χ4v) is 4.06. The van der Waals surface area contributed by atoms with Crippen molar-refractivity contribution in [2.45, 2.75) is 11.8 Å². The van der Waals surface area contributed by atoms with E-state index in [0.717, 1.165) is 5.56 Å². The molecule has 0 aliphatic carbocycles. The maximum Gasteiger partial charge on any atom is 0.262 e. The van der Waals surface area contributed by atoms with Crippen LogP contribution in [0.2, 0.25) is 0 Å². The number of anilines is 2. The van der Waals surface area contributed by atoms with Crippen molar-refractivity contribution in [1.82, 2.24) is 0 Å². The molecule has 0 atom stereocenters. The quantitative estimate of drug-likeness (QED) is 0.530. The molecule has 0 radical (unpaired) electrons. The number of carbonyl (C=O) groups excluding carboxylic acids is 1. The number of sulfonamides is 1. The van der Waals surface area contributed by atoms with Crippen LogP contribution in [0.25, 0.3) is 0 Å². The van der Waals surface area contributed by atoms with E-state index in [1.54, 1.807) is 30.3 Å². The minimum absolute atomic E-state index is 0.0465. The summed E-state index contributed by atoms with van der Waals surface area (Å²) in [4.78, 5) is 12.6. The summed E-state index contributed by atoms with van der Waals surface area (Å²) in [6.45, 7) is 1.85. The highest BCUT2D eigenvalue weighted by molar-refractivity contribution is 7.92. The van der Waals surface area contributed by atoms with Crippen molar-refractivity contribution < 1.29 is 27.4 Å². The first-order valence-electron chi connectivity index (χ1n) is 9.58. The Bertz CT molecular complexity index is 1220. The van der Waals surface area contributed by atoms with Gasteiger partial charge in [-0.2, -0.15) is 0 Å². The molecule has 32 heavy (non-hydrogen) atoms. The van der Waals surface area contributed by atoms with E-state index in [4.69, 9.17) is 14.2 Å². The normalized spacial score (nSPS) is 10.9. The van der Waals surface area contributed by atoms with Crippen molar-refractivity contribution in [3.05, 3.63) is 71.8 Å². The summed E-state index contributed by atoms with van der Waals surface area (Å²) < 4.78 is 43.7. The molecule has 0 fully saturated rings. The molecule has 168 valence electrons. The van der Waals surface area contributed by atoms with Gasteiger partial charge in [-0.15, -0.1) is 0 Å². The van der Waals surface area contributed by atoms with Crippen LogP contribution in [0.1, 0.15) is 15.9 Å². The van der Waals surface area contributed by atoms with E-state index in [9.17, 15) is 13.2 Å². The van der Waals surface area contributed by atoms with Gasteiger partial charge in [-0.3, -0.25) is 9.52 Å². The highest BCUT2D eigenvalue weighted by Gasteiger charge is 2.17. The smallest absolute Gasteiger partial charge is 0.262 e. The number of aryl methyl sites for hydroxylation is 1. The van der Waals surface area contributed by atoms with Gasteiger partial charge < -0.3 is 19.5 Å². The lowest BCUT2D eigenvalue weighted by Gasteiger charge is -2.13. The fraction of sp³-hybridized carbons (Fsp3) is 0.174. The van der Waals surface area contributed by atoms with Gasteiger partial charge in [0.05, 0.1) is 31.9 Å². The Balaban J connectivity index is 1.76. The summed E-state index contributed by atoms with van der Waals surface area (Å²) in [6.07, 6.45) is 0. The van der Waals surface area contributed by atoms with E-state index in [1.807, 2.05) is 13.0 Å². The number of ether oxygens (including phenoxy) is 3. The SMILES string of the molecule is COc1ccc(C)cc1NS(=O)(=O)c1ccc(NC(=O)c2ccc(OC)c(OC)c2)cc1. The highest BCUT2D eigenvalue weighted by Crippen LogP contribution is 2.29. The topological polar surface area (TPSA) is 103 Å². The van der Waals surface area contributed by atoms with Crippen LogP contribution in [0.15, 0.2) is 65.6 Å². The van der Waals surface area contributed by atoms with Crippen LogP contribution in [-0.4, -0.2) is 35.7 Å². The number of hydrogen-bond acceptors (Lipinski definition) is 6. The van der Waals surface area contributed by atoms with E-state index in [2.05, 4.69) is 10.0 Å². The summed E-state index contributed by atoms with van der Waals surface area (Å²) in [5.41, 5.74) is 2.04. The zero-order chi connectivity index (χ0) is 23.3. The van der Waals surface area contributed by atoms with Crippen LogP contribution in [0.4, 0.5) is 11.4 Å². The van der Waals surface area contributed by atoms with Crippen LogP contribution in [-0.2, 0) is 10.0 Å². The van der Waals surface area contributed by atoms with Gasteiger partial charge in [-0.25, -0.2) is 8.42 Å². The number of benzene rings is 3. The Hall–Kier alpha value is -3.72. The first kappa shape index (κ1) is 23.0. The van der Waals surface area contributed by atoms with Crippen LogP contribution in [0.5, 0.6) is 17.2 Å². The van der Waals surface area contributed by atoms with Gasteiger partial charge in [0.15, 0.2) is 11.5 Å². The zero-order valence-electron chi connectivity index (χ0n) is 18.1. The molecule has 3 aromatic rings. The second kappa shape index (κ2) is 9.61. The predicted octanol–water partition coefficient (Wildman–Crippen LogP) is 4.07. The number of hydrogen-bond donors (Lipinski definition) is 2. The van der Waals surface area contributed by atoms with E-state index in [0.29, 0.717) is 34.2 Å². The van der Waals surface area contributed by atoms with E-state index >= 15 is 0 Å². The number of amides is 1. The monoisotopic (exact) mass is 456 g/mol. The highest BCUT2D eigenvalue weighted by atomic mass is 32.2. The van der Waals surface area contributed by atoms with Crippen LogP contribution in [0, 0.1) is 6.92 Å². The van der Waals surface area contributed by atoms with Gasteiger partial charge in [-0.05, 0) is 67.1 Å². The van der Waals surface area contributed by atoms with Gasteiger partial charge in [-0.1, -0.05) is 6.07 Å². The molecule has 2 N–H and O–H groups in total. The van der Waals surface area contributed by atoms with Gasteiger partial charge in [0.1, 0.15) is 5.75 Å². The molecule has 0 aliphatic heterocycles. The lowest BCUT2D eigenvalue weighted by atomic mass is 10.2. The van der Waals surface area contributed by atoms with Crippen molar-refractivity contribution in [3.63, 3.8) is 0 Å². The van der Waals surface area contributed by atoms with Crippen molar-refractivity contribution in [2.75, 3.05) is 31.4 Å². The molecule has 0 saturated carbocycles. The molecule has 9 heteroatoms. The molecule has 0 saturated heterocycles. The van der Waals surface area contributed by atoms with Crippen molar-refractivity contribution >= 4 is 27.3 Å². The Morgan fingerprint density at radius 2 is 1.41 bits per heavy atom. The Labute approximate surface area is 187 Å². The third-order valence-electron chi connectivity index (χ3n) is 4.67. The largest absolute Gasteiger partial charge is 0.495 e. The molecule has 1 amide bonds. The summed E-state index contributed by atoms with van der Waals surface area (Å²) >= 11 is 0. The van der Waals surface area contributed by atoms with Crippen molar-refractivity contribution in [3.8, 4) is 17.2 Å². The number of rotatable bonds is 8. The Morgan fingerprint density at radius 1 is 0.781 bits per heavy atom. The maximum atomic E-state index is 12.8. The molecule has 0 spiro atoms. The molecule has 8 nitrogen and oxygen atoms in total. The standard InChI is InChI=1S/C23H24N2O6S/c1-15-5-11-20(29-2)19(13-15)25-32(27,28)18-9-7-17(8-10-18)24-23(26)16-6-12-21(30-3)22(14-16)31-4/h5-14,25H,1-4H3,(H,24,26). The van der Waals surface area contributed by atoms with Crippen molar-refractivity contribution in [2.24, 2.45) is 0 Å². The number of methoxy groups -OCH3 is 3. The summed E-state index contributed by atoms with van der Waals surface area (Å²) in [5.74, 6) is 0.984. The van der Waals surface area contributed by atoms with Crippen molar-refractivity contribution in [1.29, 1.82) is 0 Å². The van der Waals surface area contributed by atoms with E-state index in [-0.39, 0.29) is 10.8 Å². The summed E-state index contributed by atoms with van der Waals surface area (Å²) in [6, 6.07) is 15.9. The van der Waals surface area contributed by atoms with Crippen LogP contribution >= 0.6 is 0 Å². The lowest BCUT2D eigenvalue weighted by molar-refractivity contribution is 0.102. The van der Waals surface area contributed by atoms with Gasteiger partial charge in [0, 0.05) is 11.3 Å². The lowest BCUT2D eigenvalue weighted by Crippen LogP contribution is -2.15. The fourth-order valence-electron chi connectivity index (χ4n) is 3.00. The average molecular weight is 457 g/mol.